The van der Waals surface area contributed by atoms with Gasteiger partial charge in [0.2, 0.25) is 0 Å². The van der Waals surface area contributed by atoms with Gasteiger partial charge >= 0.3 is 0 Å². The molecule has 1 saturated heterocycles. The van der Waals surface area contributed by atoms with Gasteiger partial charge in [-0.3, -0.25) is 19.3 Å². The normalized spacial score (nSPS) is 25.9. The van der Waals surface area contributed by atoms with Crippen molar-refractivity contribution in [1.29, 1.82) is 0 Å². The number of Topliss-reactive ketones (excluding diaryl/α,β-unsaturated/α-hetero) is 2. The number of carbonyl (C=O) groups is 3. The minimum Gasteiger partial charge on any atom is -0.324 e. The van der Waals surface area contributed by atoms with Crippen molar-refractivity contribution >= 4 is 34.8 Å². The zero-order valence-electron chi connectivity index (χ0n) is 20.9. The van der Waals surface area contributed by atoms with Crippen molar-refractivity contribution in [3.05, 3.63) is 135 Å². The van der Waals surface area contributed by atoms with Gasteiger partial charge in [-0.15, -0.1) is 0 Å². The Kier molecular flexibility index (Phi) is 4.55. The van der Waals surface area contributed by atoms with E-state index < -0.39 is 16.9 Å². The summed E-state index contributed by atoms with van der Waals surface area (Å²) >= 11 is 6.31. The van der Waals surface area contributed by atoms with Gasteiger partial charge in [0.1, 0.15) is 11.0 Å². The van der Waals surface area contributed by atoms with Crippen LogP contribution < -0.4 is 5.32 Å². The number of ketones is 2. The molecule has 4 aromatic rings. The van der Waals surface area contributed by atoms with Crippen LogP contribution in [-0.2, 0) is 23.3 Å². The van der Waals surface area contributed by atoms with E-state index in [0.29, 0.717) is 40.4 Å². The quantitative estimate of drug-likeness (QED) is 0.317. The molecule has 3 atom stereocenters. The number of anilines is 1. The first-order valence-corrected chi connectivity index (χ1v) is 13.6. The van der Waals surface area contributed by atoms with E-state index in [-0.39, 0.29) is 23.5 Å². The van der Waals surface area contributed by atoms with E-state index in [4.69, 9.17) is 11.6 Å². The average Bonchev–Trinajstić information content (AvgIpc) is 3.49. The number of amides is 1. The van der Waals surface area contributed by atoms with Crippen LogP contribution in [0.15, 0.2) is 97.1 Å². The lowest BCUT2D eigenvalue weighted by Gasteiger charge is -2.44. The lowest BCUT2D eigenvalue weighted by molar-refractivity contribution is -0.131. The summed E-state index contributed by atoms with van der Waals surface area (Å²) in [5, 5.41) is 3.65. The summed E-state index contributed by atoms with van der Waals surface area (Å²) in [4.78, 5) is 46.7. The minimum absolute atomic E-state index is 0.278. The molecule has 1 N–H and O–H groups in total. The number of nitrogens with one attached hydrogen (secondary N) is 1. The molecule has 1 aliphatic carbocycles. The molecule has 190 valence electrons. The Morgan fingerprint density at radius 2 is 1.36 bits per heavy atom. The zero-order chi connectivity index (χ0) is 26.5. The molecule has 2 spiro atoms. The fourth-order valence-electron chi connectivity index (χ4n) is 8.03. The van der Waals surface area contributed by atoms with Crippen LogP contribution in [0, 0.1) is 5.41 Å². The summed E-state index contributed by atoms with van der Waals surface area (Å²) in [7, 11) is 0. The van der Waals surface area contributed by atoms with Crippen molar-refractivity contribution in [3.8, 4) is 0 Å². The Hall–Kier alpha value is -4.06. The summed E-state index contributed by atoms with van der Waals surface area (Å²) in [6, 6.07) is 29.9. The van der Waals surface area contributed by atoms with Crippen molar-refractivity contribution < 1.29 is 14.4 Å². The Labute approximate surface area is 230 Å². The second-order valence-corrected chi connectivity index (χ2v) is 11.4. The number of hydrogen-bond acceptors (Lipinski definition) is 4. The van der Waals surface area contributed by atoms with Crippen molar-refractivity contribution in [2.45, 2.75) is 30.5 Å². The largest absolute Gasteiger partial charge is 0.324 e. The Bertz CT molecular complexity index is 1710. The molecule has 5 nitrogen and oxygen atoms in total. The molecule has 4 aromatic carbocycles. The summed E-state index contributed by atoms with van der Waals surface area (Å²) in [5.74, 6) is -1.46. The predicted molar refractivity (Wildman–Crippen MR) is 148 cm³/mol. The third kappa shape index (κ3) is 2.58. The van der Waals surface area contributed by atoms with Crippen LogP contribution >= 0.6 is 11.6 Å². The molecular formula is C33H23ClN2O3. The van der Waals surface area contributed by atoms with E-state index in [2.05, 4.69) is 22.3 Å². The lowest BCUT2D eigenvalue weighted by atomic mass is 9.57. The average molecular weight is 531 g/mol. The summed E-state index contributed by atoms with van der Waals surface area (Å²) < 4.78 is 0. The first-order valence-electron chi connectivity index (χ1n) is 13.2. The molecule has 0 saturated carbocycles. The highest BCUT2D eigenvalue weighted by atomic mass is 35.5. The number of carbonyl (C=O) groups excluding carboxylic acids is 3. The maximum Gasteiger partial charge on any atom is 0.251 e. The van der Waals surface area contributed by atoms with Crippen molar-refractivity contribution in [3.63, 3.8) is 0 Å². The number of para-hydroxylation sites is 1. The SMILES string of the molecule is O=C1c2ccccc2C(=O)C12[C@@H](c1ccc(Cl)cc1)[C@@H]1Cc3ccccc3CN1[C@@]21C(=O)Nc2ccccc21. The lowest BCUT2D eigenvalue weighted by Crippen LogP contribution is -2.61. The van der Waals surface area contributed by atoms with Gasteiger partial charge in [0.05, 0.1) is 0 Å². The van der Waals surface area contributed by atoms with Crippen molar-refractivity contribution in [2.24, 2.45) is 5.41 Å². The number of hydrogen-bond donors (Lipinski definition) is 1. The van der Waals surface area contributed by atoms with Gasteiger partial charge in [-0.2, -0.15) is 0 Å². The second kappa shape index (κ2) is 7.75. The predicted octanol–water partition coefficient (Wildman–Crippen LogP) is 5.78. The first-order chi connectivity index (χ1) is 19.0. The van der Waals surface area contributed by atoms with Crippen LogP contribution in [0.25, 0.3) is 0 Å². The molecule has 0 radical (unpaired) electrons. The van der Waals surface area contributed by atoms with Gasteiger partial charge in [0.25, 0.3) is 5.91 Å². The van der Waals surface area contributed by atoms with E-state index in [1.54, 1.807) is 36.4 Å². The van der Waals surface area contributed by atoms with Gasteiger partial charge in [-0.25, -0.2) is 0 Å². The maximum absolute atomic E-state index is 15.0. The second-order valence-electron chi connectivity index (χ2n) is 10.9. The van der Waals surface area contributed by atoms with Crippen molar-refractivity contribution in [2.75, 3.05) is 5.32 Å². The molecule has 4 aliphatic rings. The molecule has 3 heterocycles. The fraction of sp³-hybridized carbons (Fsp3) is 0.182. The van der Waals surface area contributed by atoms with Gasteiger partial charge in [0.15, 0.2) is 11.6 Å². The van der Waals surface area contributed by atoms with Gasteiger partial charge < -0.3 is 5.32 Å². The van der Waals surface area contributed by atoms with E-state index >= 15 is 0 Å². The van der Waals surface area contributed by atoms with Crippen LogP contribution in [0.2, 0.25) is 5.02 Å². The minimum atomic E-state index is -1.69. The van der Waals surface area contributed by atoms with Crippen molar-refractivity contribution in [1.82, 2.24) is 4.90 Å². The van der Waals surface area contributed by atoms with E-state index in [1.165, 1.54) is 5.56 Å². The first kappa shape index (κ1) is 22.9. The van der Waals surface area contributed by atoms with Crippen LogP contribution in [0.3, 0.4) is 0 Å². The Morgan fingerprint density at radius 1 is 0.744 bits per heavy atom. The van der Waals surface area contributed by atoms with Crippen LogP contribution in [0.5, 0.6) is 0 Å². The van der Waals surface area contributed by atoms with Gasteiger partial charge in [0, 0.05) is 45.9 Å². The molecule has 1 fully saturated rings. The number of nitrogens with zero attached hydrogens (tertiary/aromatic N) is 1. The summed E-state index contributed by atoms with van der Waals surface area (Å²) in [6.07, 6.45) is 0.610. The molecule has 0 aromatic heterocycles. The summed E-state index contributed by atoms with van der Waals surface area (Å²) in [5.41, 5.74) is 2.01. The number of benzene rings is 4. The fourth-order valence-corrected chi connectivity index (χ4v) is 8.16. The molecule has 39 heavy (non-hydrogen) atoms. The highest BCUT2D eigenvalue weighted by Gasteiger charge is 2.81. The van der Waals surface area contributed by atoms with Crippen LogP contribution in [0.1, 0.15) is 48.9 Å². The number of halogens is 1. The van der Waals surface area contributed by atoms with Gasteiger partial charge in [-0.05, 0) is 41.3 Å². The third-order valence-electron chi connectivity index (χ3n) is 9.40. The maximum atomic E-state index is 15.0. The zero-order valence-corrected chi connectivity index (χ0v) is 21.6. The molecule has 0 unspecified atom stereocenters. The smallest absolute Gasteiger partial charge is 0.251 e. The highest BCUT2D eigenvalue weighted by Crippen LogP contribution is 2.70. The Balaban J connectivity index is 1.52. The highest BCUT2D eigenvalue weighted by molar-refractivity contribution is 6.34. The molecule has 8 rings (SSSR count). The topological polar surface area (TPSA) is 66.5 Å². The van der Waals surface area contributed by atoms with Crippen LogP contribution in [-0.4, -0.2) is 28.4 Å². The summed E-state index contributed by atoms with van der Waals surface area (Å²) in [6.45, 7) is 0.450. The molecule has 3 aliphatic heterocycles. The molecule has 6 heteroatoms. The number of rotatable bonds is 1. The standard InChI is InChI=1S/C33H23ClN2O3/c34-22-15-13-19(14-16-22)28-27-17-20-7-1-2-8-21(20)18-36(27)33(25-11-5-6-12-26(25)35-31(33)39)32(28)29(37)23-9-3-4-10-24(23)30(32)38/h1-16,27-28H,17-18H2,(H,35,39)/t27-,28-,33-/m0/s1. The molecular weight excluding hydrogens is 508 g/mol. The van der Waals surface area contributed by atoms with E-state index in [0.717, 1.165) is 11.1 Å². The molecule has 1 amide bonds. The molecule has 0 bridgehead atoms. The third-order valence-corrected chi connectivity index (χ3v) is 9.65. The van der Waals surface area contributed by atoms with Crippen LogP contribution in [0.4, 0.5) is 5.69 Å². The monoisotopic (exact) mass is 530 g/mol. The van der Waals surface area contributed by atoms with E-state index in [1.807, 2.05) is 48.5 Å². The van der Waals surface area contributed by atoms with E-state index in [9.17, 15) is 14.4 Å². The number of fused-ring (bicyclic) bond motifs is 7. The van der Waals surface area contributed by atoms with Gasteiger partial charge in [-0.1, -0.05) is 90.5 Å². The Morgan fingerprint density at radius 3 is 2.08 bits per heavy atom.